The molecule has 0 aromatic heterocycles. The molecule has 1 aliphatic heterocycles. The van der Waals surface area contributed by atoms with Crippen LogP contribution >= 0.6 is 0 Å². The summed E-state index contributed by atoms with van der Waals surface area (Å²) in [6, 6.07) is 6.27. The minimum absolute atomic E-state index is 0.0105. The molecule has 1 aromatic carbocycles. The third kappa shape index (κ3) is 3.38. The predicted octanol–water partition coefficient (Wildman–Crippen LogP) is 1.99. The highest BCUT2D eigenvalue weighted by Crippen LogP contribution is 2.22. The Balaban J connectivity index is 1.97. The molecule has 3 N–H and O–H groups in total. The number of hydrogen-bond acceptors (Lipinski definition) is 3. The van der Waals surface area contributed by atoms with Gasteiger partial charge in [0.1, 0.15) is 6.10 Å². The van der Waals surface area contributed by atoms with E-state index in [1.807, 2.05) is 6.92 Å². The van der Waals surface area contributed by atoms with Gasteiger partial charge in [0.2, 0.25) is 5.91 Å². The molecule has 20 heavy (non-hydrogen) atoms. The molecule has 1 aliphatic rings. The fourth-order valence-electron chi connectivity index (χ4n) is 2.77. The van der Waals surface area contributed by atoms with Crippen LogP contribution in [0.4, 0.5) is 0 Å². The van der Waals surface area contributed by atoms with E-state index in [1.165, 1.54) is 11.1 Å². The van der Waals surface area contributed by atoms with E-state index in [4.69, 9.17) is 10.5 Å². The van der Waals surface area contributed by atoms with Crippen molar-refractivity contribution >= 4 is 5.91 Å². The van der Waals surface area contributed by atoms with Crippen LogP contribution in [-0.4, -0.2) is 24.7 Å². The molecule has 0 spiro atoms. The zero-order chi connectivity index (χ0) is 14.7. The number of rotatable bonds is 4. The molecule has 3 atom stereocenters. The van der Waals surface area contributed by atoms with Gasteiger partial charge in [-0.15, -0.1) is 0 Å². The van der Waals surface area contributed by atoms with E-state index < -0.39 is 0 Å². The summed E-state index contributed by atoms with van der Waals surface area (Å²) in [6.45, 7) is 6.63. The van der Waals surface area contributed by atoms with E-state index >= 15 is 0 Å². The van der Waals surface area contributed by atoms with Crippen LogP contribution in [0.5, 0.6) is 0 Å². The molecule has 1 saturated heterocycles. The number of amides is 1. The topological polar surface area (TPSA) is 64.4 Å². The van der Waals surface area contributed by atoms with Crippen molar-refractivity contribution < 1.29 is 9.53 Å². The van der Waals surface area contributed by atoms with Gasteiger partial charge in [0.05, 0.1) is 12.1 Å². The van der Waals surface area contributed by atoms with Gasteiger partial charge < -0.3 is 15.8 Å². The molecule has 0 radical (unpaired) electrons. The van der Waals surface area contributed by atoms with Crippen molar-refractivity contribution in [3.05, 3.63) is 34.9 Å². The Bertz CT molecular complexity index is 487. The zero-order valence-electron chi connectivity index (χ0n) is 12.5. The molecule has 4 heteroatoms. The first kappa shape index (κ1) is 15.0. The van der Waals surface area contributed by atoms with Gasteiger partial charge in [-0.3, -0.25) is 4.79 Å². The van der Waals surface area contributed by atoms with E-state index in [1.54, 1.807) is 0 Å². The number of nitrogens with two attached hydrogens (primary N) is 1. The van der Waals surface area contributed by atoms with Gasteiger partial charge in [0.25, 0.3) is 0 Å². The largest absolute Gasteiger partial charge is 0.364 e. The van der Waals surface area contributed by atoms with Crippen LogP contribution in [0, 0.1) is 13.8 Å². The zero-order valence-corrected chi connectivity index (χ0v) is 12.5. The third-order valence-electron chi connectivity index (χ3n) is 3.91. The Morgan fingerprint density at radius 2 is 2.20 bits per heavy atom. The lowest BCUT2D eigenvalue weighted by molar-refractivity contribution is -0.132. The lowest BCUT2D eigenvalue weighted by Gasteiger charge is -2.19. The third-order valence-corrected chi connectivity index (χ3v) is 3.91. The fraction of sp³-hybridized carbons (Fsp3) is 0.562. The summed E-state index contributed by atoms with van der Waals surface area (Å²) in [5.74, 6) is -0.0339. The Kier molecular flexibility index (Phi) is 4.78. The number of benzene rings is 1. The van der Waals surface area contributed by atoms with Crippen molar-refractivity contribution in [2.75, 3.05) is 6.54 Å². The number of carbonyl (C=O) groups excluding carboxylic acids is 1. The lowest BCUT2D eigenvalue weighted by Crippen LogP contribution is -2.37. The second-order valence-electron chi connectivity index (χ2n) is 5.65. The van der Waals surface area contributed by atoms with E-state index in [9.17, 15) is 4.79 Å². The molecule has 0 bridgehead atoms. The monoisotopic (exact) mass is 276 g/mol. The number of ether oxygens (including phenoxy) is 1. The van der Waals surface area contributed by atoms with Gasteiger partial charge in [0.15, 0.2) is 0 Å². The number of aryl methyl sites for hydroxylation is 2. The highest BCUT2D eigenvalue weighted by molar-refractivity contribution is 5.81. The Hall–Kier alpha value is -1.39. The molecular formula is C16H24N2O2. The first-order valence-corrected chi connectivity index (χ1v) is 7.24. The predicted molar refractivity (Wildman–Crippen MR) is 79.4 cm³/mol. The van der Waals surface area contributed by atoms with E-state index in [0.717, 1.165) is 18.4 Å². The highest BCUT2D eigenvalue weighted by Gasteiger charge is 2.30. The molecule has 1 aromatic rings. The second kappa shape index (κ2) is 6.37. The minimum Gasteiger partial charge on any atom is -0.364 e. The standard InChI is InChI=1S/C16H24N2O2/c1-10-4-6-14(11(2)8-10)12(3)18-16(19)15-7-5-13(9-17)20-15/h4,6,8,12-13,15H,5,7,9,17H2,1-3H3,(H,18,19)/t12?,13-,15+/m1/s1. The lowest BCUT2D eigenvalue weighted by atomic mass is 10.00. The molecule has 1 unspecified atom stereocenters. The molecule has 1 fully saturated rings. The van der Waals surface area contributed by atoms with E-state index in [2.05, 4.69) is 37.4 Å². The first-order chi connectivity index (χ1) is 9.51. The van der Waals surface area contributed by atoms with Crippen molar-refractivity contribution in [2.45, 2.75) is 51.9 Å². The van der Waals surface area contributed by atoms with Crippen LogP contribution in [-0.2, 0) is 9.53 Å². The van der Waals surface area contributed by atoms with Crippen LogP contribution in [0.3, 0.4) is 0 Å². The number of carbonyl (C=O) groups is 1. The maximum Gasteiger partial charge on any atom is 0.249 e. The molecule has 110 valence electrons. The van der Waals surface area contributed by atoms with Gasteiger partial charge in [-0.1, -0.05) is 23.8 Å². The smallest absolute Gasteiger partial charge is 0.249 e. The van der Waals surface area contributed by atoms with Crippen LogP contribution in [0.25, 0.3) is 0 Å². The SMILES string of the molecule is Cc1ccc(C(C)NC(=O)[C@@H]2CC[C@H](CN)O2)c(C)c1. The van der Waals surface area contributed by atoms with Crippen LogP contribution in [0.1, 0.15) is 42.5 Å². The number of nitrogens with one attached hydrogen (secondary N) is 1. The van der Waals surface area contributed by atoms with Crippen molar-refractivity contribution in [3.63, 3.8) is 0 Å². The molecule has 0 saturated carbocycles. The van der Waals surface area contributed by atoms with Gasteiger partial charge in [-0.25, -0.2) is 0 Å². The summed E-state index contributed by atoms with van der Waals surface area (Å²) in [5, 5.41) is 3.04. The Morgan fingerprint density at radius 1 is 1.45 bits per heavy atom. The first-order valence-electron chi connectivity index (χ1n) is 7.24. The molecule has 4 nitrogen and oxygen atoms in total. The van der Waals surface area contributed by atoms with Crippen molar-refractivity contribution in [3.8, 4) is 0 Å². The van der Waals surface area contributed by atoms with Gasteiger partial charge in [-0.2, -0.15) is 0 Å². The van der Waals surface area contributed by atoms with Gasteiger partial charge in [-0.05, 0) is 44.7 Å². The average molecular weight is 276 g/mol. The maximum atomic E-state index is 12.2. The molecule has 0 aliphatic carbocycles. The Morgan fingerprint density at radius 3 is 2.80 bits per heavy atom. The molecule has 1 amide bonds. The van der Waals surface area contributed by atoms with Crippen LogP contribution < -0.4 is 11.1 Å². The highest BCUT2D eigenvalue weighted by atomic mass is 16.5. The minimum atomic E-state index is -0.350. The van der Waals surface area contributed by atoms with Crippen LogP contribution in [0.2, 0.25) is 0 Å². The summed E-state index contributed by atoms with van der Waals surface area (Å²) in [4.78, 5) is 12.2. The normalized spacial score (nSPS) is 23.6. The summed E-state index contributed by atoms with van der Waals surface area (Å²) in [6.07, 6.45) is 1.30. The average Bonchev–Trinajstić information content (AvgIpc) is 2.87. The molecular weight excluding hydrogens is 252 g/mol. The molecule has 1 heterocycles. The van der Waals surface area contributed by atoms with E-state index in [-0.39, 0.29) is 24.2 Å². The van der Waals surface area contributed by atoms with Crippen LogP contribution in [0.15, 0.2) is 18.2 Å². The maximum absolute atomic E-state index is 12.2. The van der Waals surface area contributed by atoms with Crippen molar-refractivity contribution in [1.29, 1.82) is 0 Å². The Labute approximate surface area is 120 Å². The second-order valence-corrected chi connectivity index (χ2v) is 5.65. The quantitative estimate of drug-likeness (QED) is 0.884. The number of hydrogen-bond donors (Lipinski definition) is 2. The summed E-state index contributed by atoms with van der Waals surface area (Å²) in [7, 11) is 0. The van der Waals surface area contributed by atoms with Gasteiger partial charge in [0, 0.05) is 6.54 Å². The summed E-state index contributed by atoms with van der Waals surface area (Å²) in [5.41, 5.74) is 9.15. The van der Waals surface area contributed by atoms with Crippen molar-refractivity contribution in [2.24, 2.45) is 5.73 Å². The van der Waals surface area contributed by atoms with Crippen molar-refractivity contribution in [1.82, 2.24) is 5.32 Å². The summed E-state index contributed by atoms with van der Waals surface area (Å²) < 4.78 is 5.62. The molecule has 2 rings (SSSR count). The van der Waals surface area contributed by atoms with E-state index in [0.29, 0.717) is 6.54 Å². The summed E-state index contributed by atoms with van der Waals surface area (Å²) >= 11 is 0. The fourth-order valence-corrected chi connectivity index (χ4v) is 2.77. The van der Waals surface area contributed by atoms with Gasteiger partial charge >= 0.3 is 0 Å².